The van der Waals surface area contributed by atoms with Crippen molar-refractivity contribution in [3.05, 3.63) is 58.9 Å². The molecule has 2 aromatic carbocycles. The minimum Gasteiger partial charge on any atom is -0.497 e. The van der Waals surface area contributed by atoms with E-state index in [1.807, 2.05) is 24.3 Å². The smallest absolute Gasteiger partial charge is 0.143 e. The Labute approximate surface area is 110 Å². The number of anilines is 1. The Balaban J connectivity index is 2.04. The maximum Gasteiger partial charge on any atom is 0.143 e. The summed E-state index contributed by atoms with van der Waals surface area (Å²) in [6.07, 6.45) is 0. The average molecular weight is 266 g/mol. The van der Waals surface area contributed by atoms with Crippen LogP contribution in [0.3, 0.4) is 0 Å². The Morgan fingerprint density at radius 1 is 1.22 bits per heavy atom. The van der Waals surface area contributed by atoms with Crippen LogP contribution in [0.4, 0.5) is 10.1 Å². The fourth-order valence-electron chi connectivity index (χ4n) is 1.59. The lowest BCUT2D eigenvalue weighted by Gasteiger charge is -2.08. The van der Waals surface area contributed by atoms with E-state index in [1.165, 1.54) is 12.1 Å². The standard InChI is InChI=1S/C14H13ClFNO/c1-18-12-4-2-3-10(7-12)9-17-11-5-6-13(15)14(16)8-11/h2-8,17H,9H2,1H3. The van der Waals surface area contributed by atoms with Gasteiger partial charge in [0.25, 0.3) is 0 Å². The molecule has 18 heavy (non-hydrogen) atoms. The molecule has 0 heterocycles. The van der Waals surface area contributed by atoms with Gasteiger partial charge in [-0.1, -0.05) is 23.7 Å². The van der Waals surface area contributed by atoms with Crippen LogP contribution in [-0.2, 0) is 6.54 Å². The molecule has 2 nitrogen and oxygen atoms in total. The van der Waals surface area contributed by atoms with Crippen molar-refractivity contribution in [2.45, 2.75) is 6.54 Å². The zero-order chi connectivity index (χ0) is 13.0. The quantitative estimate of drug-likeness (QED) is 0.899. The van der Waals surface area contributed by atoms with Gasteiger partial charge in [-0.2, -0.15) is 0 Å². The summed E-state index contributed by atoms with van der Waals surface area (Å²) in [7, 11) is 1.63. The number of hydrogen-bond acceptors (Lipinski definition) is 2. The predicted octanol–water partition coefficient (Wildman–Crippen LogP) is 4.10. The second-order valence-electron chi connectivity index (χ2n) is 3.83. The average Bonchev–Trinajstić information content (AvgIpc) is 2.40. The highest BCUT2D eigenvalue weighted by Crippen LogP contribution is 2.20. The molecule has 2 rings (SSSR count). The first-order valence-corrected chi connectivity index (χ1v) is 5.88. The third kappa shape index (κ3) is 3.14. The summed E-state index contributed by atoms with van der Waals surface area (Å²) in [4.78, 5) is 0. The van der Waals surface area contributed by atoms with Gasteiger partial charge in [0.05, 0.1) is 12.1 Å². The van der Waals surface area contributed by atoms with E-state index in [1.54, 1.807) is 13.2 Å². The zero-order valence-corrected chi connectivity index (χ0v) is 10.7. The summed E-state index contributed by atoms with van der Waals surface area (Å²) < 4.78 is 18.4. The van der Waals surface area contributed by atoms with Crippen molar-refractivity contribution in [1.29, 1.82) is 0 Å². The number of ether oxygens (including phenoxy) is 1. The highest BCUT2D eigenvalue weighted by Gasteiger charge is 2.01. The molecule has 0 bridgehead atoms. The Morgan fingerprint density at radius 2 is 2.06 bits per heavy atom. The normalized spacial score (nSPS) is 10.2. The first-order valence-electron chi connectivity index (χ1n) is 5.51. The Hall–Kier alpha value is -1.74. The second kappa shape index (κ2) is 5.74. The molecule has 0 saturated carbocycles. The van der Waals surface area contributed by atoms with Crippen molar-refractivity contribution in [3.63, 3.8) is 0 Å². The van der Waals surface area contributed by atoms with E-state index in [-0.39, 0.29) is 5.02 Å². The molecule has 4 heteroatoms. The van der Waals surface area contributed by atoms with E-state index in [4.69, 9.17) is 16.3 Å². The molecule has 2 aromatic rings. The van der Waals surface area contributed by atoms with Gasteiger partial charge in [-0.25, -0.2) is 4.39 Å². The summed E-state index contributed by atoms with van der Waals surface area (Å²) in [6, 6.07) is 12.4. The Bertz CT molecular complexity index is 545. The van der Waals surface area contributed by atoms with Gasteiger partial charge in [0.15, 0.2) is 0 Å². The van der Waals surface area contributed by atoms with E-state index >= 15 is 0 Å². The van der Waals surface area contributed by atoms with E-state index in [9.17, 15) is 4.39 Å². The fraction of sp³-hybridized carbons (Fsp3) is 0.143. The van der Waals surface area contributed by atoms with Gasteiger partial charge in [-0.05, 0) is 35.9 Å². The maximum atomic E-state index is 13.2. The lowest BCUT2D eigenvalue weighted by atomic mass is 10.2. The first-order chi connectivity index (χ1) is 8.69. The number of rotatable bonds is 4. The highest BCUT2D eigenvalue weighted by atomic mass is 35.5. The molecule has 0 aromatic heterocycles. The third-order valence-corrected chi connectivity index (χ3v) is 2.86. The topological polar surface area (TPSA) is 21.3 Å². The molecule has 1 N–H and O–H groups in total. The van der Waals surface area contributed by atoms with Crippen LogP contribution in [-0.4, -0.2) is 7.11 Å². The van der Waals surface area contributed by atoms with Crippen LogP contribution in [0.2, 0.25) is 5.02 Å². The minimum absolute atomic E-state index is 0.127. The van der Waals surface area contributed by atoms with Gasteiger partial charge in [0, 0.05) is 12.2 Å². The summed E-state index contributed by atoms with van der Waals surface area (Å²) in [5, 5.41) is 3.25. The number of hydrogen-bond donors (Lipinski definition) is 1. The summed E-state index contributed by atoms with van der Waals surface area (Å²) in [6.45, 7) is 0.596. The minimum atomic E-state index is -0.424. The molecule has 0 aliphatic carbocycles. The van der Waals surface area contributed by atoms with Crippen molar-refractivity contribution in [3.8, 4) is 5.75 Å². The molecule has 0 radical (unpaired) electrons. The highest BCUT2D eigenvalue weighted by molar-refractivity contribution is 6.30. The number of halogens is 2. The molecular formula is C14H13ClFNO. The van der Waals surface area contributed by atoms with Gasteiger partial charge in [-0.3, -0.25) is 0 Å². The van der Waals surface area contributed by atoms with E-state index in [0.717, 1.165) is 11.3 Å². The predicted molar refractivity (Wildman–Crippen MR) is 71.7 cm³/mol. The molecule has 0 aliphatic rings. The van der Waals surface area contributed by atoms with Gasteiger partial charge >= 0.3 is 0 Å². The monoisotopic (exact) mass is 265 g/mol. The summed E-state index contributed by atoms with van der Waals surface area (Å²) in [5.74, 6) is 0.379. The number of nitrogens with one attached hydrogen (secondary N) is 1. The lowest BCUT2D eigenvalue weighted by Crippen LogP contribution is -2.00. The van der Waals surface area contributed by atoms with Crippen LogP contribution in [0, 0.1) is 5.82 Å². The van der Waals surface area contributed by atoms with Crippen LogP contribution in [0.5, 0.6) is 5.75 Å². The first kappa shape index (κ1) is 12.7. The van der Waals surface area contributed by atoms with Crippen LogP contribution >= 0.6 is 11.6 Å². The maximum absolute atomic E-state index is 13.2. The summed E-state index contributed by atoms with van der Waals surface area (Å²) in [5.41, 5.74) is 1.75. The van der Waals surface area contributed by atoms with Crippen molar-refractivity contribution in [1.82, 2.24) is 0 Å². The van der Waals surface area contributed by atoms with E-state index in [0.29, 0.717) is 12.2 Å². The van der Waals surface area contributed by atoms with E-state index < -0.39 is 5.82 Å². The van der Waals surface area contributed by atoms with Crippen molar-refractivity contribution in [2.24, 2.45) is 0 Å². The Morgan fingerprint density at radius 3 is 2.78 bits per heavy atom. The molecule has 94 valence electrons. The fourth-order valence-corrected chi connectivity index (χ4v) is 1.71. The molecule has 0 unspecified atom stereocenters. The van der Waals surface area contributed by atoms with E-state index in [2.05, 4.69) is 5.32 Å². The molecule has 0 amide bonds. The van der Waals surface area contributed by atoms with Crippen molar-refractivity contribution < 1.29 is 9.13 Å². The van der Waals surface area contributed by atoms with Gasteiger partial charge < -0.3 is 10.1 Å². The molecule has 0 fully saturated rings. The van der Waals surface area contributed by atoms with Gasteiger partial charge in [-0.15, -0.1) is 0 Å². The van der Waals surface area contributed by atoms with Crippen molar-refractivity contribution in [2.75, 3.05) is 12.4 Å². The zero-order valence-electron chi connectivity index (χ0n) is 9.91. The van der Waals surface area contributed by atoms with Crippen LogP contribution in [0.25, 0.3) is 0 Å². The number of benzene rings is 2. The molecule has 0 aliphatic heterocycles. The van der Waals surface area contributed by atoms with Gasteiger partial charge in [0.1, 0.15) is 11.6 Å². The molecule has 0 atom stereocenters. The Kier molecular flexibility index (Phi) is 4.05. The SMILES string of the molecule is COc1cccc(CNc2ccc(Cl)c(F)c2)c1. The molecule has 0 spiro atoms. The third-order valence-electron chi connectivity index (χ3n) is 2.55. The number of methoxy groups -OCH3 is 1. The molecular weight excluding hydrogens is 253 g/mol. The van der Waals surface area contributed by atoms with Crippen LogP contribution in [0.1, 0.15) is 5.56 Å². The van der Waals surface area contributed by atoms with Crippen molar-refractivity contribution >= 4 is 17.3 Å². The second-order valence-corrected chi connectivity index (χ2v) is 4.24. The largest absolute Gasteiger partial charge is 0.497 e. The lowest BCUT2D eigenvalue weighted by molar-refractivity contribution is 0.414. The van der Waals surface area contributed by atoms with Crippen LogP contribution < -0.4 is 10.1 Å². The molecule has 0 saturated heterocycles. The summed E-state index contributed by atoms with van der Waals surface area (Å²) >= 11 is 5.62. The van der Waals surface area contributed by atoms with Crippen LogP contribution in [0.15, 0.2) is 42.5 Å². The van der Waals surface area contributed by atoms with Gasteiger partial charge in [0.2, 0.25) is 0 Å².